The van der Waals surface area contributed by atoms with E-state index in [9.17, 15) is 19.4 Å². The van der Waals surface area contributed by atoms with Crippen LogP contribution in [0.25, 0.3) is 0 Å². The highest BCUT2D eigenvalue weighted by atomic mass is 31.2. The van der Waals surface area contributed by atoms with E-state index < -0.39 is 26.6 Å². The second-order valence-electron chi connectivity index (χ2n) is 23.1. The lowest BCUT2D eigenvalue weighted by Gasteiger charge is -2.29. The summed E-state index contributed by atoms with van der Waals surface area (Å²) in [4.78, 5) is 25.6. The summed E-state index contributed by atoms with van der Waals surface area (Å²) < 4.78 is 23.4. The van der Waals surface area contributed by atoms with Crippen molar-refractivity contribution in [1.29, 1.82) is 0 Å². The van der Waals surface area contributed by atoms with Crippen molar-refractivity contribution in [3.63, 3.8) is 0 Å². The Morgan fingerprint density at radius 1 is 0.429 bits per heavy atom. The average Bonchev–Trinajstić information content (AvgIpc) is 3.56. The second kappa shape index (κ2) is 63.4. The highest BCUT2D eigenvalue weighted by molar-refractivity contribution is 7.45. The number of rotatable bonds is 59. The molecule has 0 saturated carbocycles. The molecule has 84 heavy (non-hydrogen) atoms. The molecular formula is C75H125N2O6P. The number of aliphatic hydroxyl groups excluding tert-OH is 1. The number of allylic oxidation sites excluding steroid dienone is 27. The van der Waals surface area contributed by atoms with E-state index in [1.54, 1.807) is 6.08 Å². The van der Waals surface area contributed by atoms with Gasteiger partial charge in [0.25, 0.3) is 7.82 Å². The minimum Gasteiger partial charge on any atom is -0.756 e. The molecule has 476 valence electrons. The van der Waals surface area contributed by atoms with Crippen molar-refractivity contribution in [2.24, 2.45) is 0 Å². The Morgan fingerprint density at radius 2 is 0.738 bits per heavy atom. The number of nitrogens with zero attached hydrogens (tertiary/aromatic N) is 1. The van der Waals surface area contributed by atoms with Crippen molar-refractivity contribution in [2.45, 2.75) is 257 Å². The lowest BCUT2D eigenvalue weighted by Crippen LogP contribution is -2.45. The summed E-state index contributed by atoms with van der Waals surface area (Å²) in [5.41, 5.74) is 0. The number of phosphoric acid groups is 1. The van der Waals surface area contributed by atoms with Gasteiger partial charge in [0, 0.05) is 6.42 Å². The van der Waals surface area contributed by atoms with Gasteiger partial charge >= 0.3 is 0 Å². The third kappa shape index (κ3) is 65.4. The van der Waals surface area contributed by atoms with Gasteiger partial charge in [0.1, 0.15) is 13.2 Å². The van der Waals surface area contributed by atoms with Gasteiger partial charge in [-0.2, -0.15) is 0 Å². The van der Waals surface area contributed by atoms with Gasteiger partial charge in [0.05, 0.1) is 39.9 Å². The molecule has 0 aliphatic heterocycles. The molecule has 3 unspecified atom stereocenters. The van der Waals surface area contributed by atoms with Crippen molar-refractivity contribution in [3.8, 4) is 0 Å². The molecular weight excluding hydrogens is 1060 g/mol. The number of unbranched alkanes of at least 4 members (excludes halogenated alkanes) is 20. The Balaban J connectivity index is 4.28. The first-order valence-electron chi connectivity index (χ1n) is 33.5. The van der Waals surface area contributed by atoms with Crippen LogP contribution in [-0.4, -0.2) is 68.5 Å². The molecule has 2 N–H and O–H groups in total. The maximum atomic E-state index is 13.0. The van der Waals surface area contributed by atoms with Gasteiger partial charge in [-0.3, -0.25) is 9.36 Å². The monoisotopic (exact) mass is 1180 g/mol. The number of carbonyl (C=O) groups excluding carboxylic acids is 1. The summed E-state index contributed by atoms with van der Waals surface area (Å²) >= 11 is 0. The number of likely N-dealkylation sites (N-methyl/N-ethyl adjacent to an activating group) is 1. The highest BCUT2D eigenvalue weighted by Gasteiger charge is 2.23. The van der Waals surface area contributed by atoms with E-state index in [0.29, 0.717) is 17.4 Å². The number of nitrogens with one attached hydrogen (secondary N) is 1. The van der Waals surface area contributed by atoms with Crippen LogP contribution >= 0.6 is 7.82 Å². The Hall–Kier alpha value is -4.14. The van der Waals surface area contributed by atoms with Crippen molar-refractivity contribution >= 4 is 13.7 Å². The van der Waals surface area contributed by atoms with Gasteiger partial charge in [-0.15, -0.1) is 0 Å². The van der Waals surface area contributed by atoms with Gasteiger partial charge in [-0.25, -0.2) is 0 Å². The average molecular weight is 1180 g/mol. The second-order valence-corrected chi connectivity index (χ2v) is 24.5. The molecule has 0 aliphatic carbocycles. The molecule has 0 aromatic heterocycles. The van der Waals surface area contributed by atoms with Gasteiger partial charge in [-0.1, -0.05) is 280 Å². The van der Waals surface area contributed by atoms with Crippen molar-refractivity contribution in [1.82, 2.24) is 5.32 Å². The molecule has 0 spiro atoms. The summed E-state index contributed by atoms with van der Waals surface area (Å²) in [6, 6.07) is -0.935. The third-order valence-corrected chi connectivity index (χ3v) is 14.9. The maximum absolute atomic E-state index is 13.0. The van der Waals surface area contributed by atoms with Gasteiger partial charge in [0.2, 0.25) is 5.91 Å². The number of carbonyl (C=O) groups is 1. The standard InChI is InChI=1S/C75H125N2O6P/c1-6-8-10-12-14-16-18-20-22-24-26-28-30-31-32-33-34-35-36-37-38-39-40-41-42-43-44-45-47-49-51-53-55-57-59-61-63-65-67-69-75(79)76-73(72-83-84(80,81)82-71-70-77(3,4)5)74(78)68-66-64-62-60-58-56-54-52-50-48-46-29-27-25-23-21-19-17-15-13-11-9-7-2/h8,10,14,16,20,22,26,28,31-32,34-35,37-38,40-41,43-44,47,49-50,52-53,55,58,60,66,68,73-74,78H,6-7,9,11-13,15,17-19,21,23-25,27,29-30,33,36,39,42,45-46,48,51,54,56-57,59,61-65,67,69-72H2,1-5H3,(H-,76,79,80,81)/b10-8-,16-14-,22-20-,28-26-,32-31-,35-34-,38-37-,41-40-,44-43-,49-47-,52-50+,55-53-,60-58+,68-66+. The zero-order chi connectivity index (χ0) is 61.2. The minimum absolute atomic E-state index is 0.0223. The van der Waals surface area contributed by atoms with Crippen LogP contribution in [0.15, 0.2) is 170 Å². The number of hydrogen-bond acceptors (Lipinski definition) is 6. The Labute approximate surface area is 517 Å². The van der Waals surface area contributed by atoms with Crippen molar-refractivity contribution < 1.29 is 32.9 Å². The largest absolute Gasteiger partial charge is 0.756 e. The molecule has 3 atom stereocenters. The van der Waals surface area contributed by atoms with Crippen molar-refractivity contribution in [2.75, 3.05) is 40.9 Å². The van der Waals surface area contributed by atoms with Crippen molar-refractivity contribution in [3.05, 3.63) is 170 Å². The summed E-state index contributed by atoms with van der Waals surface area (Å²) in [6.07, 6.45) is 100. The Morgan fingerprint density at radius 3 is 1.11 bits per heavy atom. The van der Waals surface area contributed by atoms with Crippen LogP contribution in [0.1, 0.15) is 245 Å². The van der Waals surface area contributed by atoms with E-state index in [-0.39, 0.29) is 12.5 Å². The topological polar surface area (TPSA) is 108 Å². The van der Waals surface area contributed by atoms with Gasteiger partial charge in [-0.05, 0) is 128 Å². The lowest BCUT2D eigenvalue weighted by molar-refractivity contribution is -0.870. The number of quaternary nitrogens is 1. The molecule has 8 nitrogen and oxygen atoms in total. The molecule has 0 aromatic carbocycles. The predicted octanol–water partition coefficient (Wildman–Crippen LogP) is 20.9. The summed E-state index contributed by atoms with van der Waals surface area (Å²) in [5, 5.41) is 13.9. The van der Waals surface area contributed by atoms with E-state index in [0.717, 1.165) is 135 Å². The summed E-state index contributed by atoms with van der Waals surface area (Å²) in [5.74, 6) is -0.236. The Kier molecular flexibility index (Phi) is 60.2. The first kappa shape index (κ1) is 79.9. The SMILES string of the molecule is CC/C=C\C/C=C\C/C=C\C/C=C\C/C=C\C/C=C\C/C=C\C/C=C\C/C=C\C/C=C\C/C=C\CCCCCCCC(=O)NC(COP(=O)([O-])OCC[N+](C)(C)C)C(O)/C=C/CC/C=C/CC/C=C/CCCCCCCCCCCCCCC. The zero-order valence-corrected chi connectivity index (χ0v) is 55.2. The van der Waals surface area contributed by atoms with Crippen LogP contribution in [0.5, 0.6) is 0 Å². The normalized spacial score (nSPS) is 14.8. The van der Waals surface area contributed by atoms with E-state index in [4.69, 9.17) is 9.05 Å². The zero-order valence-electron chi connectivity index (χ0n) is 54.3. The molecule has 9 heteroatoms. The molecule has 0 rings (SSSR count). The molecule has 0 fully saturated rings. The first-order chi connectivity index (χ1) is 41.0. The number of hydrogen-bond donors (Lipinski definition) is 2. The van der Waals surface area contributed by atoms with Crippen LogP contribution in [-0.2, 0) is 18.4 Å². The maximum Gasteiger partial charge on any atom is 0.268 e. The molecule has 1 amide bonds. The molecule has 0 saturated heterocycles. The summed E-state index contributed by atoms with van der Waals surface area (Å²) in [6.45, 7) is 4.48. The number of aliphatic hydroxyl groups is 1. The lowest BCUT2D eigenvalue weighted by atomic mass is 10.0. The van der Waals surface area contributed by atoms with Crippen LogP contribution in [0.4, 0.5) is 0 Å². The van der Waals surface area contributed by atoms with E-state index in [2.05, 4.69) is 177 Å². The Bertz CT molecular complexity index is 1970. The minimum atomic E-state index is -4.63. The van der Waals surface area contributed by atoms with E-state index in [1.807, 2.05) is 27.2 Å². The molecule has 0 aliphatic rings. The fourth-order valence-electron chi connectivity index (χ4n) is 8.72. The van der Waals surface area contributed by atoms with E-state index in [1.165, 1.54) is 89.9 Å². The van der Waals surface area contributed by atoms with Crippen LogP contribution < -0.4 is 10.2 Å². The smallest absolute Gasteiger partial charge is 0.268 e. The fourth-order valence-corrected chi connectivity index (χ4v) is 9.44. The van der Waals surface area contributed by atoms with Crippen LogP contribution in [0, 0.1) is 0 Å². The first-order valence-corrected chi connectivity index (χ1v) is 35.0. The molecule has 0 bridgehead atoms. The molecule has 0 heterocycles. The molecule has 0 radical (unpaired) electrons. The predicted molar refractivity (Wildman–Crippen MR) is 366 cm³/mol. The summed E-state index contributed by atoms with van der Waals surface area (Å²) in [7, 11) is 1.20. The van der Waals surface area contributed by atoms with Gasteiger partial charge in [0.15, 0.2) is 0 Å². The van der Waals surface area contributed by atoms with Crippen LogP contribution in [0.2, 0.25) is 0 Å². The van der Waals surface area contributed by atoms with Crippen LogP contribution in [0.3, 0.4) is 0 Å². The van der Waals surface area contributed by atoms with Gasteiger partial charge < -0.3 is 28.8 Å². The molecule has 0 aromatic rings. The number of phosphoric ester groups is 1. The highest BCUT2D eigenvalue weighted by Crippen LogP contribution is 2.38. The fraction of sp³-hybridized carbons (Fsp3) is 0.613. The quantitative estimate of drug-likeness (QED) is 0.0272. The third-order valence-electron chi connectivity index (χ3n) is 13.9. The van der Waals surface area contributed by atoms with E-state index >= 15 is 0 Å². The number of amides is 1.